The second-order valence-electron chi connectivity index (χ2n) is 5.24. The van der Waals surface area contributed by atoms with Crippen molar-refractivity contribution in [2.45, 2.75) is 26.2 Å². The molecule has 0 aliphatic heterocycles. The minimum Gasteiger partial charge on any atom is -0.478 e. The molecule has 0 radical (unpaired) electrons. The monoisotopic (exact) mass is 289 g/mol. The van der Waals surface area contributed by atoms with Gasteiger partial charge >= 0.3 is 5.97 Å². The van der Waals surface area contributed by atoms with Crippen LogP contribution in [0.4, 0.5) is 0 Å². The van der Waals surface area contributed by atoms with Crippen LogP contribution >= 0.6 is 0 Å². The fourth-order valence-electron chi connectivity index (χ4n) is 2.23. The Morgan fingerprint density at radius 3 is 2.86 bits per heavy atom. The number of carbonyl (C=O) groups excluding carboxylic acids is 1. The summed E-state index contributed by atoms with van der Waals surface area (Å²) >= 11 is 0. The zero-order chi connectivity index (χ0) is 15.4. The molecule has 0 fully saturated rings. The van der Waals surface area contributed by atoms with E-state index in [1.54, 1.807) is 25.2 Å². The van der Waals surface area contributed by atoms with Crippen LogP contribution in [0.1, 0.15) is 35.9 Å². The highest BCUT2D eigenvalue weighted by Gasteiger charge is 2.11. The van der Waals surface area contributed by atoms with E-state index in [0.717, 1.165) is 29.7 Å². The minimum absolute atomic E-state index is 0.0394. The second kappa shape index (κ2) is 6.39. The molecule has 21 heavy (non-hydrogen) atoms. The average molecular weight is 289 g/mol. The number of nitrogens with zero attached hydrogens (tertiary/aromatic N) is 1. The number of aromatic carboxylic acids is 1. The molecule has 1 aromatic carbocycles. The lowest BCUT2D eigenvalue weighted by atomic mass is 10.0. The van der Waals surface area contributed by atoms with Crippen LogP contribution in [0.25, 0.3) is 11.0 Å². The largest absolute Gasteiger partial charge is 0.478 e. The highest BCUT2D eigenvalue weighted by Crippen LogP contribution is 2.17. The summed E-state index contributed by atoms with van der Waals surface area (Å²) in [6.07, 6.45) is 2.02. The Bertz CT molecular complexity index is 663. The van der Waals surface area contributed by atoms with E-state index in [0.29, 0.717) is 12.3 Å². The van der Waals surface area contributed by atoms with Gasteiger partial charge in [-0.3, -0.25) is 4.79 Å². The first-order chi connectivity index (χ1) is 9.99. The van der Waals surface area contributed by atoms with Gasteiger partial charge in [-0.1, -0.05) is 6.92 Å². The van der Waals surface area contributed by atoms with Crippen LogP contribution in [0.5, 0.6) is 0 Å². The van der Waals surface area contributed by atoms with E-state index in [1.807, 2.05) is 0 Å². The Morgan fingerprint density at radius 2 is 2.19 bits per heavy atom. The van der Waals surface area contributed by atoms with Crippen molar-refractivity contribution < 1.29 is 14.7 Å². The molecule has 2 rings (SSSR count). The Hall–Kier alpha value is -2.37. The lowest BCUT2D eigenvalue weighted by Gasteiger charge is -2.08. The number of carboxylic acids is 1. The molecule has 0 aliphatic carbocycles. The van der Waals surface area contributed by atoms with Gasteiger partial charge in [0.15, 0.2) is 0 Å². The van der Waals surface area contributed by atoms with E-state index >= 15 is 0 Å². The number of aromatic nitrogens is 2. The van der Waals surface area contributed by atoms with Gasteiger partial charge in [0.25, 0.3) is 0 Å². The Morgan fingerprint density at radius 1 is 1.43 bits per heavy atom. The summed E-state index contributed by atoms with van der Waals surface area (Å²) in [7, 11) is 1.63. The number of H-pyrrole nitrogens is 1. The summed E-state index contributed by atoms with van der Waals surface area (Å²) in [5.74, 6) is 0.225. The number of carboxylic acid groups (broad SMARTS) is 1. The maximum Gasteiger partial charge on any atom is 0.335 e. The molecule has 6 nitrogen and oxygen atoms in total. The molecular weight excluding hydrogens is 270 g/mol. The van der Waals surface area contributed by atoms with Gasteiger partial charge in [0, 0.05) is 19.9 Å². The average Bonchev–Trinajstić information content (AvgIpc) is 2.85. The van der Waals surface area contributed by atoms with Crippen molar-refractivity contribution in [2.75, 3.05) is 7.05 Å². The third-order valence-corrected chi connectivity index (χ3v) is 3.46. The first kappa shape index (κ1) is 15.0. The number of amides is 1. The summed E-state index contributed by atoms with van der Waals surface area (Å²) in [4.78, 5) is 29.8. The summed E-state index contributed by atoms with van der Waals surface area (Å²) in [6.45, 7) is 2.07. The number of imidazole rings is 1. The maximum absolute atomic E-state index is 11.2. The number of aromatic amines is 1. The van der Waals surface area contributed by atoms with Crippen molar-refractivity contribution in [3.63, 3.8) is 0 Å². The number of hydrogen-bond acceptors (Lipinski definition) is 3. The molecule has 0 saturated carbocycles. The molecule has 0 aliphatic rings. The Kier molecular flexibility index (Phi) is 4.57. The molecule has 6 heteroatoms. The van der Waals surface area contributed by atoms with Crippen LogP contribution < -0.4 is 5.32 Å². The lowest BCUT2D eigenvalue weighted by Crippen LogP contribution is -2.18. The number of benzene rings is 1. The summed E-state index contributed by atoms with van der Waals surface area (Å²) < 4.78 is 0. The molecule has 1 aromatic heterocycles. The summed E-state index contributed by atoms with van der Waals surface area (Å²) in [6, 6.07) is 4.83. The van der Waals surface area contributed by atoms with Crippen LogP contribution in [0, 0.1) is 5.92 Å². The minimum atomic E-state index is -0.952. The summed E-state index contributed by atoms with van der Waals surface area (Å²) in [5, 5.41) is 11.6. The zero-order valence-corrected chi connectivity index (χ0v) is 12.1. The molecule has 2 aromatic rings. The van der Waals surface area contributed by atoms with Crippen LogP contribution in [0.3, 0.4) is 0 Å². The van der Waals surface area contributed by atoms with Gasteiger partial charge in [0.1, 0.15) is 5.82 Å². The van der Waals surface area contributed by atoms with Gasteiger partial charge in [0.05, 0.1) is 16.6 Å². The first-order valence-electron chi connectivity index (χ1n) is 6.92. The molecule has 112 valence electrons. The van der Waals surface area contributed by atoms with E-state index < -0.39 is 5.97 Å². The molecule has 0 unspecified atom stereocenters. The number of carbonyl (C=O) groups is 2. The van der Waals surface area contributed by atoms with Crippen LogP contribution in [-0.2, 0) is 11.2 Å². The molecule has 0 saturated heterocycles. The molecule has 0 bridgehead atoms. The second-order valence-corrected chi connectivity index (χ2v) is 5.24. The number of rotatable bonds is 6. The van der Waals surface area contributed by atoms with Crippen molar-refractivity contribution in [1.29, 1.82) is 0 Å². The van der Waals surface area contributed by atoms with Crippen molar-refractivity contribution in [2.24, 2.45) is 5.92 Å². The van der Waals surface area contributed by atoms with Gasteiger partial charge in [-0.2, -0.15) is 0 Å². The maximum atomic E-state index is 11.2. The molecule has 3 N–H and O–H groups in total. The van der Waals surface area contributed by atoms with Crippen LogP contribution in [-0.4, -0.2) is 34.0 Å². The first-order valence-corrected chi connectivity index (χ1v) is 6.92. The van der Waals surface area contributed by atoms with E-state index in [2.05, 4.69) is 22.2 Å². The predicted molar refractivity (Wildman–Crippen MR) is 79.2 cm³/mol. The highest BCUT2D eigenvalue weighted by molar-refractivity contribution is 5.92. The van der Waals surface area contributed by atoms with Crippen molar-refractivity contribution in [3.8, 4) is 0 Å². The predicted octanol–water partition coefficient (Wildman–Crippen LogP) is 1.97. The van der Waals surface area contributed by atoms with E-state index in [9.17, 15) is 9.59 Å². The number of nitrogens with one attached hydrogen (secondary N) is 2. The molecule has 1 amide bonds. The van der Waals surface area contributed by atoms with E-state index in [4.69, 9.17) is 5.11 Å². The summed E-state index contributed by atoms with van der Waals surface area (Å²) in [5.41, 5.74) is 1.72. The van der Waals surface area contributed by atoms with Gasteiger partial charge in [-0.15, -0.1) is 0 Å². The Balaban J connectivity index is 2.05. The standard InChI is InChI=1S/C15H19N3O3/c1-9(3-6-14(19)16-2)7-13-17-11-5-4-10(15(20)21)8-12(11)18-13/h4-5,8-9H,3,6-7H2,1-2H3,(H,16,19)(H,17,18)(H,20,21)/t9-/m0/s1. The van der Waals surface area contributed by atoms with Crippen molar-refractivity contribution in [1.82, 2.24) is 15.3 Å². The fraction of sp³-hybridized carbons (Fsp3) is 0.400. The van der Waals surface area contributed by atoms with E-state index in [-0.39, 0.29) is 11.5 Å². The van der Waals surface area contributed by atoms with Gasteiger partial charge < -0.3 is 15.4 Å². The normalized spacial score (nSPS) is 12.3. The fourth-order valence-corrected chi connectivity index (χ4v) is 2.23. The van der Waals surface area contributed by atoms with Gasteiger partial charge in [-0.25, -0.2) is 9.78 Å². The van der Waals surface area contributed by atoms with E-state index in [1.165, 1.54) is 0 Å². The van der Waals surface area contributed by atoms with Crippen molar-refractivity contribution >= 4 is 22.9 Å². The zero-order valence-electron chi connectivity index (χ0n) is 12.1. The number of fused-ring (bicyclic) bond motifs is 1. The van der Waals surface area contributed by atoms with Gasteiger partial charge in [-0.05, 0) is 30.5 Å². The molecule has 1 heterocycles. The smallest absolute Gasteiger partial charge is 0.335 e. The molecular formula is C15H19N3O3. The van der Waals surface area contributed by atoms with Crippen molar-refractivity contribution in [3.05, 3.63) is 29.6 Å². The SMILES string of the molecule is CNC(=O)CC[C@H](C)Cc1nc2ccc(C(=O)O)cc2[nH]1. The highest BCUT2D eigenvalue weighted by atomic mass is 16.4. The Labute approximate surface area is 122 Å². The van der Waals surface area contributed by atoms with Gasteiger partial charge in [0.2, 0.25) is 5.91 Å². The number of hydrogen-bond donors (Lipinski definition) is 3. The van der Waals surface area contributed by atoms with Crippen LogP contribution in [0.15, 0.2) is 18.2 Å². The topological polar surface area (TPSA) is 95.1 Å². The molecule has 1 atom stereocenters. The lowest BCUT2D eigenvalue weighted by molar-refractivity contribution is -0.120. The quantitative estimate of drug-likeness (QED) is 0.757. The molecule has 0 spiro atoms. The third-order valence-electron chi connectivity index (χ3n) is 3.46. The van der Waals surface area contributed by atoms with Crippen LogP contribution in [0.2, 0.25) is 0 Å². The third kappa shape index (κ3) is 3.81.